The summed E-state index contributed by atoms with van der Waals surface area (Å²) in [5, 5.41) is 6.92. The molecule has 1 amide bonds. The summed E-state index contributed by atoms with van der Waals surface area (Å²) in [7, 11) is 1.69. The average Bonchev–Trinajstić information content (AvgIpc) is 3.35. The van der Waals surface area contributed by atoms with Crippen LogP contribution in [0.15, 0.2) is 28.8 Å². The van der Waals surface area contributed by atoms with Gasteiger partial charge in [0.25, 0.3) is 0 Å². The number of carbonyl (C=O) groups excluding carboxylic acids is 1. The quantitative estimate of drug-likeness (QED) is 0.843. The molecule has 2 aromatic rings. The Hall–Kier alpha value is -2.12. The minimum Gasteiger partial charge on any atom is -0.458 e. The van der Waals surface area contributed by atoms with Gasteiger partial charge in [0.05, 0.1) is 13.2 Å². The molecule has 2 aliphatic heterocycles. The lowest BCUT2D eigenvalue weighted by atomic mass is 9.73. The van der Waals surface area contributed by atoms with E-state index in [0.29, 0.717) is 19.6 Å². The van der Waals surface area contributed by atoms with Gasteiger partial charge in [0.1, 0.15) is 11.5 Å². The van der Waals surface area contributed by atoms with E-state index in [2.05, 4.69) is 15.1 Å². The normalized spacial score (nSPS) is 24.0. The number of nitrogens with zero attached hydrogens (tertiary/aromatic N) is 3. The van der Waals surface area contributed by atoms with E-state index in [-0.39, 0.29) is 11.3 Å². The van der Waals surface area contributed by atoms with Gasteiger partial charge in [0.15, 0.2) is 5.76 Å². The molecular weight excluding hydrogens is 344 g/mol. The van der Waals surface area contributed by atoms with Crippen LogP contribution < -0.4 is 0 Å². The minimum atomic E-state index is 0.207. The number of amides is 1. The van der Waals surface area contributed by atoms with E-state index in [9.17, 15) is 4.79 Å². The number of furan rings is 1. The molecular formula is C20H28N4O3. The third-order valence-corrected chi connectivity index (χ3v) is 5.86. The van der Waals surface area contributed by atoms with Gasteiger partial charge in [0.2, 0.25) is 5.91 Å². The van der Waals surface area contributed by atoms with Gasteiger partial charge in [-0.05, 0) is 44.0 Å². The molecule has 0 aliphatic carbocycles. The molecule has 4 heterocycles. The van der Waals surface area contributed by atoms with Gasteiger partial charge >= 0.3 is 0 Å². The number of nitrogens with one attached hydrogen (secondary N) is 1. The molecule has 0 bridgehead atoms. The first-order chi connectivity index (χ1) is 13.2. The van der Waals surface area contributed by atoms with E-state index in [1.54, 1.807) is 13.3 Å². The standard InChI is InChI=1S/C20H28N4O3/c1-26-12-11-24-15-20(8-5-19(24)25)7-2-10-23(14-20)13-16-3-4-18(27-16)17-6-9-21-22-17/h3-4,6,9H,2,5,7-8,10-15H2,1H3,(H,21,22)/t20-/m0/s1. The molecule has 0 aromatic carbocycles. The number of piperidine rings is 2. The highest BCUT2D eigenvalue weighted by Crippen LogP contribution is 2.39. The number of aromatic amines is 1. The van der Waals surface area contributed by atoms with Crippen molar-refractivity contribution in [2.45, 2.75) is 32.2 Å². The van der Waals surface area contributed by atoms with Gasteiger partial charge < -0.3 is 14.1 Å². The second-order valence-electron chi connectivity index (χ2n) is 7.86. The molecule has 0 radical (unpaired) electrons. The van der Waals surface area contributed by atoms with Crippen molar-refractivity contribution in [3.05, 3.63) is 30.2 Å². The maximum Gasteiger partial charge on any atom is 0.222 e. The van der Waals surface area contributed by atoms with Crippen molar-refractivity contribution in [1.82, 2.24) is 20.0 Å². The molecule has 2 aliphatic rings. The van der Waals surface area contributed by atoms with Crippen LogP contribution in [-0.4, -0.2) is 65.8 Å². The third-order valence-electron chi connectivity index (χ3n) is 5.86. The zero-order valence-corrected chi connectivity index (χ0v) is 15.9. The number of H-pyrrole nitrogens is 1. The number of methoxy groups -OCH3 is 1. The number of aromatic nitrogens is 2. The van der Waals surface area contributed by atoms with E-state index in [4.69, 9.17) is 9.15 Å². The van der Waals surface area contributed by atoms with Crippen molar-refractivity contribution in [2.75, 3.05) is 39.9 Å². The highest BCUT2D eigenvalue weighted by atomic mass is 16.5. The highest BCUT2D eigenvalue weighted by Gasteiger charge is 2.41. The Balaban J connectivity index is 1.40. The second-order valence-corrected chi connectivity index (χ2v) is 7.86. The van der Waals surface area contributed by atoms with Crippen molar-refractivity contribution in [2.24, 2.45) is 5.41 Å². The van der Waals surface area contributed by atoms with E-state index in [1.807, 2.05) is 23.1 Å². The Bertz CT molecular complexity index is 757. The maximum absolute atomic E-state index is 12.2. The molecule has 2 saturated heterocycles. The summed E-state index contributed by atoms with van der Waals surface area (Å²) >= 11 is 0. The SMILES string of the molecule is COCCN1C[C@@]2(CCCN(Cc3ccc(-c4ccn[nH]4)o3)C2)CCC1=O. The predicted molar refractivity (Wildman–Crippen MR) is 101 cm³/mol. The summed E-state index contributed by atoms with van der Waals surface area (Å²) in [5.41, 5.74) is 1.11. The van der Waals surface area contributed by atoms with Crippen LogP contribution in [-0.2, 0) is 16.1 Å². The first kappa shape index (κ1) is 18.3. The fourth-order valence-corrected chi connectivity index (χ4v) is 4.51. The van der Waals surface area contributed by atoms with Crippen molar-refractivity contribution in [3.63, 3.8) is 0 Å². The fraction of sp³-hybridized carbons (Fsp3) is 0.600. The van der Waals surface area contributed by atoms with Crippen LogP contribution in [0.5, 0.6) is 0 Å². The molecule has 7 heteroatoms. The van der Waals surface area contributed by atoms with Crippen LogP contribution in [0.25, 0.3) is 11.5 Å². The van der Waals surface area contributed by atoms with Gasteiger partial charge in [-0.1, -0.05) is 0 Å². The molecule has 0 unspecified atom stereocenters. The summed E-state index contributed by atoms with van der Waals surface area (Å²) < 4.78 is 11.2. The molecule has 7 nitrogen and oxygen atoms in total. The molecule has 0 saturated carbocycles. The molecule has 4 rings (SSSR count). The van der Waals surface area contributed by atoms with Crippen LogP contribution in [0.3, 0.4) is 0 Å². The van der Waals surface area contributed by atoms with Crippen molar-refractivity contribution in [3.8, 4) is 11.5 Å². The van der Waals surface area contributed by atoms with Crippen LogP contribution in [0.4, 0.5) is 0 Å². The monoisotopic (exact) mass is 372 g/mol. The Morgan fingerprint density at radius 3 is 3.04 bits per heavy atom. The van der Waals surface area contributed by atoms with Gasteiger partial charge in [-0.25, -0.2) is 0 Å². The van der Waals surface area contributed by atoms with Gasteiger partial charge in [-0.2, -0.15) is 5.10 Å². The lowest BCUT2D eigenvalue weighted by Crippen LogP contribution is -2.54. The maximum atomic E-state index is 12.2. The smallest absolute Gasteiger partial charge is 0.222 e. The molecule has 1 spiro atoms. The molecule has 2 aromatic heterocycles. The van der Waals surface area contributed by atoms with E-state index < -0.39 is 0 Å². The van der Waals surface area contributed by atoms with Crippen LogP contribution in [0, 0.1) is 5.41 Å². The number of hydrogen-bond donors (Lipinski definition) is 1. The van der Waals surface area contributed by atoms with Crippen molar-refractivity contribution in [1.29, 1.82) is 0 Å². The summed E-state index contributed by atoms with van der Waals surface area (Å²) in [6.07, 6.45) is 5.73. The number of hydrogen-bond acceptors (Lipinski definition) is 5. The van der Waals surface area contributed by atoms with Crippen LogP contribution >= 0.6 is 0 Å². The van der Waals surface area contributed by atoms with Crippen molar-refractivity contribution >= 4 is 5.91 Å². The minimum absolute atomic E-state index is 0.207. The van der Waals surface area contributed by atoms with Crippen LogP contribution in [0.2, 0.25) is 0 Å². The first-order valence-electron chi connectivity index (χ1n) is 9.75. The zero-order valence-electron chi connectivity index (χ0n) is 15.9. The molecule has 146 valence electrons. The van der Waals surface area contributed by atoms with E-state index >= 15 is 0 Å². The molecule has 27 heavy (non-hydrogen) atoms. The van der Waals surface area contributed by atoms with Crippen LogP contribution in [0.1, 0.15) is 31.4 Å². The number of rotatable bonds is 6. The Labute approximate surface area is 159 Å². The first-order valence-corrected chi connectivity index (χ1v) is 9.75. The Morgan fingerprint density at radius 1 is 1.30 bits per heavy atom. The van der Waals surface area contributed by atoms with Gasteiger partial charge in [-0.3, -0.25) is 14.8 Å². The zero-order chi connectivity index (χ0) is 18.7. The lowest BCUT2D eigenvalue weighted by Gasteiger charge is -2.48. The largest absolute Gasteiger partial charge is 0.458 e. The third kappa shape index (κ3) is 4.09. The lowest BCUT2D eigenvalue weighted by molar-refractivity contribution is -0.140. The summed E-state index contributed by atoms with van der Waals surface area (Å²) in [5.74, 6) is 2.06. The second kappa shape index (κ2) is 7.86. The summed E-state index contributed by atoms with van der Waals surface area (Å²) in [4.78, 5) is 16.7. The molecule has 2 fully saturated rings. The molecule has 1 N–H and O–H groups in total. The van der Waals surface area contributed by atoms with Crippen molar-refractivity contribution < 1.29 is 13.9 Å². The number of carbonyl (C=O) groups is 1. The summed E-state index contributed by atoms with van der Waals surface area (Å²) in [6.45, 7) is 5.06. The molecule has 1 atom stereocenters. The van der Waals surface area contributed by atoms with Gasteiger partial charge in [0, 0.05) is 44.8 Å². The Kier molecular flexibility index (Phi) is 5.31. The topological polar surface area (TPSA) is 74.6 Å². The highest BCUT2D eigenvalue weighted by molar-refractivity contribution is 5.77. The fourth-order valence-electron chi connectivity index (χ4n) is 4.51. The Morgan fingerprint density at radius 2 is 2.22 bits per heavy atom. The van der Waals surface area contributed by atoms with E-state index in [1.165, 1.54) is 12.8 Å². The van der Waals surface area contributed by atoms with E-state index in [0.717, 1.165) is 49.8 Å². The summed E-state index contributed by atoms with van der Waals surface area (Å²) in [6, 6.07) is 5.95. The van der Waals surface area contributed by atoms with Gasteiger partial charge in [-0.15, -0.1) is 0 Å². The number of likely N-dealkylation sites (tertiary alicyclic amines) is 2. The average molecular weight is 372 g/mol. The number of ether oxygens (including phenoxy) is 1. The predicted octanol–water partition coefficient (Wildman–Crippen LogP) is 2.52.